The van der Waals surface area contributed by atoms with Crippen LogP contribution in [0.2, 0.25) is 0 Å². The van der Waals surface area contributed by atoms with E-state index in [9.17, 15) is 36.8 Å². The van der Waals surface area contributed by atoms with Gasteiger partial charge in [0.05, 0.1) is 34.2 Å². The first kappa shape index (κ1) is 20.5. The van der Waals surface area contributed by atoms with Gasteiger partial charge in [0.2, 0.25) is 10.0 Å². The number of aromatic nitrogens is 1. The third kappa shape index (κ3) is 3.81. The van der Waals surface area contributed by atoms with Crippen LogP contribution >= 0.6 is 11.8 Å². The van der Waals surface area contributed by atoms with Crippen LogP contribution in [0.4, 0.5) is 18.9 Å². The molecule has 1 aromatic heterocycles. The lowest BCUT2D eigenvalue weighted by Crippen LogP contribution is -2.17. The second kappa shape index (κ2) is 7.08. The summed E-state index contributed by atoms with van der Waals surface area (Å²) in [6.07, 6.45) is -4.21. The average Bonchev–Trinajstić information content (AvgIpc) is 2.88. The summed E-state index contributed by atoms with van der Waals surface area (Å²) >= 11 is 1.20. The fourth-order valence-electron chi connectivity index (χ4n) is 2.65. The number of nitro benzene ring substituents is 1. The monoisotopic (exact) mass is 412 g/mol. The molecule has 0 aliphatic heterocycles. The van der Waals surface area contributed by atoms with Gasteiger partial charge in [-0.2, -0.15) is 24.9 Å². The molecule has 0 amide bonds. The van der Waals surface area contributed by atoms with E-state index in [1.54, 1.807) is 6.92 Å². The van der Waals surface area contributed by atoms with Crippen LogP contribution in [0, 0.1) is 10.1 Å². The summed E-state index contributed by atoms with van der Waals surface area (Å²) in [5.74, 6) is 0.518. The van der Waals surface area contributed by atoms with Gasteiger partial charge in [0.15, 0.2) is 0 Å². The summed E-state index contributed by atoms with van der Waals surface area (Å²) < 4.78 is 64.7. The Kier molecular flexibility index (Phi) is 5.59. The lowest BCUT2D eigenvalue weighted by atomic mass is 10.1. The molecular formula is C14H15F3N2O5S2. The number of fused-ring (bicyclic) bond motifs is 1. The molecule has 2 rings (SSSR count). The summed E-state index contributed by atoms with van der Waals surface area (Å²) in [5.41, 5.74) is -2.96. The molecule has 0 spiro atoms. The van der Waals surface area contributed by atoms with Crippen molar-refractivity contribution in [2.45, 2.75) is 18.3 Å². The number of alkyl halides is 3. The Labute approximate surface area is 151 Å². The predicted molar refractivity (Wildman–Crippen MR) is 91.8 cm³/mol. The smallest absolute Gasteiger partial charge is 0.395 e. The molecule has 144 valence electrons. The molecule has 12 heteroatoms. The molecule has 26 heavy (non-hydrogen) atoms. The highest BCUT2D eigenvalue weighted by Crippen LogP contribution is 2.41. The lowest BCUT2D eigenvalue weighted by molar-refractivity contribution is -0.387. The highest BCUT2D eigenvalue weighted by atomic mass is 32.2. The van der Waals surface area contributed by atoms with E-state index >= 15 is 0 Å². The summed E-state index contributed by atoms with van der Waals surface area (Å²) in [7, 11) is -4.03. The van der Waals surface area contributed by atoms with Crippen molar-refractivity contribution in [3.8, 4) is 0 Å². The van der Waals surface area contributed by atoms with Crippen LogP contribution in [0.25, 0.3) is 10.9 Å². The summed E-state index contributed by atoms with van der Waals surface area (Å²) in [5, 5.41) is 19.8. The number of halogens is 3. The molecule has 1 atom stereocenters. The Hall–Kier alpha value is -1.79. The van der Waals surface area contributed by atoms with E-state index < -0.39 is 44.2 Å². The van der Waals surface area contributed by atoms with Crippen LogP contribution in [-0.2, 0) is 16.2 Å². The molecule has 1 aromatic carbocycles. The van der Waals surface area contributed by atoms with Crippen molar-refractivity contribution in [3.63, 3.8) is 0 Å². The molecule has 0 aliphatic carbocycles. The Balaban J connectivity index is 2.95. The van der Waals surface area contributed by atoms with Crippen molar-refractivity contribution in [1.29, 1.82) is 0 Å². The van der Waals surface area contributed by atoms with Gasteiger partial charge in [-0.25, -0.2) is 12.4 Å². The van der Waals surface area contributed by atoms with Crippen LogP contribution in [-0.4, -0.2) is 41.0 Å². The first-order valence-electron chi connectivity index (χ1n) is 7.25. The number of nitrogens with zero attached hydrogens (tertiary/aromatic N) is 2. The van der Waals surface area contributed by atoms with Gasteiger partial charge in [0.25, 0.3) is 5.69 Å². The van der Waals surface area contributed by atoms with E-state index in [0.717, 1.165) is 6.26 Å². The summed E-state index contributed by atoms with van der Waals surface area (Å²) in [6.45, 7) is 1.33. The van der Waals surface area contributed by atoms with Crippen LogP contribution in [0.3, 0.4) is 0 Å². The Morgan fingerprint density at radius 3 is 2.38 bits per heavy atom. The van der Waals surface area contributed by atoms with Gasteiger partial charge in [-0.1, -0.05) is 6.92 Å². The highest BCUT2D eigenvalue weighted by Gasteiger charge is 2.39. The fourth-order valence-corrected chi connectivity index (χ4v) is 4.64. The Morgan fingerprint density at radius 1 is 1.35 bits per heavy atom. The highest BCUT2D eigenvalue weighted by molar-refractivity contribution is 7.99. The van der Waals surface area contributed by atoms with E-state index in [0.29, 0.717) is 21.9 Å². The first-order valence-corrected chi connectivity index (χ1v) is 10.2. The minimum absolute atomic E-state index is 0.0275. The molecule has 0 bridgehead atoms. The molecule has 2 aromatic rings. The minimum atomic E-state index is -5.03. The van der Waals surface area contributed by atoms with Crippen LogP contribution < -0.4 is 0 Å². The standard InChI is InChI=1S/C14H15F3N2O5S2/c1-3-25-13(7-20)12-5-8-4-11(19(21)22)9(14(15,16)17)6-10(8)18(12)26(2,23)24/h4-6,13,20H,3,7H2,1-2H3. The van der Waals surface area contributed by atoms with Crippen molar-refractivity contribution < 1.29 is 31.6 Å². The molecule has 0 aliphatic rings. The number of hydrogen-bond acceptors (Lipinski definition) is 6. The van der Waals surface area contributed by atoms with E-state index in [-0.39, 0.29) is 16.6 Å². The maximum Gasteiger partial charge on any atom is 0.423 e. The number of aliphatic hydroxyl groups excluding tert-OH is 1. The van der Waals surface area contributed by atoms with Crippen LogP contribution in [0.15, 0.2) is 18.2 Å². The number of hydrogen-bond donors (Lipinski definition) is 1. The van der Waals surface area contributed by atoms with Gasteiger partial charge in [0.1, 0.15) is 5.56 Å². The number of rotatable bonds is 6. The number of nitro groups is 1. The van der Waals surface area contributed by atoms with E-state index in [2.05, 4.69) is 0 Å². The third-order valence-electron chi connectivity index (χ3n) is 3.60. The molecule has 7 nitrogen and oxygen atoms in total. The van der Waals surface area contributed by atoms with E-state index in [1.807, 2.05) is 0 Å². The molecule has 1 N–H and O–H groups in total. The Bertz CT molecular complexity index is 954. The number of aliphatic hydroxyl groups is 1. The average molecular weight is 412 g/mol. The maximum absolute atomic E-state index is 13.2. The van der Waals surface area contributed by atoms with Crippen LogP contribution in [0.1, 0.15) is 23.4 Å². The molecule has 1 unspecified atom stereocenters. The van der Waals surface area contributed by atoms with Crippen molar-refractivity contribution in [3.05, 3.63) is 39.6 Å². The first-order chi connectivity index (χ1) is 11.9. The van der Waals surface area contributed by atoms with E-state index in [1.165, 1.54) is 17.8 Å². The second-order valence-electron chi connectivity index (χ2n) is 5.41. The number of benzene rings is 1. The second-order valence-corrected chi connectivity index (χ2v) is 8.72. The molecule has 0 radical (unpaired) electrons. The van der Waals surface area contributed by atoms with E-state index in [4.69, 9.17) is 0 Å². The largest absolute Gasteiger partial charge is 0.423 e. The van der Waals surface area contributed by atoms with Crippen molar-refractivity contribution in [2.75, 3.05) is 18.6 Å². The molecule has 0 saturated heterocycles. The fraction of sp³-hybridized carbons (Fsp3) is 0.429. The van der Waals surface area contributed by atoms with Crippen molar-refractivity contribution >= 4 is 38.4 Å². The SMILES string of the molecule is CCSC(CO)c1cc2cc([N+](=O)[O-])c(C(F)(F)F)cc2n1S(C)(=O)=O. The van der Waals surface area contributed by atoms with Crippen molar-refractivity contribution in [2.24, 2.45) is 0 Å². The zero-order valence-corrected chi connectivity index (χ0v) is 15.3. The summed E-state index contributed by atoms with van der Waals surface area (Å²) in [4.78, 5) is 9.87. The number of thioether (sulfide) groups is 1. The van der Waals surface area contributed by atoms with Gasteiger partial charge in [-0.3, -0.25) is 10.1 Å². The Morgan fingerprint density at radius 2 is 1.96 bits per heavy atom. The predicted octanol–water partition coefficient (Wildman–Crippen LogP) is 3.16. The van der Waals surface area contributed by atoms with Gasteiger partial charge in [-0.05, 0) is 17.9 Å². The topological polar surface area (TPSA) is 102 Å². The quantitative estimate of drug-likeness (QED) is 0.578. The lowest BCUT2D eigenvalue weighted by Gasteiger charge is -2.16. The van der Waals surface area contributed by atoms with Crippen LogP contribution in [0.5, 0.6) is 0 Å². The van der Waals surface area contributed by atoms with Gasteiger partial charge in [-0.15, -0.1) is 0 Å². The van der Waals surface area contributed by atoms with Gasteiger partial charge in [0, 0.05) is 11.5 Å². The van der Waals surface area contributed by atoms with Gasteiger partial charge >= 0.3 is 6.18 Å². The normalized spacial score (nSPS) is 13.9. The third-order valence-corrected chi connectivity index (χ3v) is 5.80. The molecule has 0 saturated carbocycles. The van der Waals surface area contributed by atoms with Gasteiger partial charge < -0.3 is 5.11 Å². The molecule has 1 heterocycles. The zero-order valence-electron chi connectivity index (χ0n) is 13.6. The van der Waals surface area contributed by atoms with Crippen molar-refractivity contribution in [1.82, 2.24) is 3.97 Å². The molecule has 0 fully saturated rings. The zero-order chi connectivity index (χ0) is 19.9. The molecular weight excluding hydrogens is 397 g/mol. The maximum atomic E-state index is 13.2. The summed E-state index contributed by atoms with van der Waals surface area (Å²) in [6, 6.07) is 2.42. The minimum Gasteiger partial charge on any atom is -0.395 e.